The molecule has 0 aromatic heterocycles. The minimum Gasteiger partial charge on any atom is -0.376 e. The summed E-state index contributed by atoms with van der Waals surface area (Å²) in [5.74, 6) is 0. The van der Waals surface area contributed by atoms with E-state index in [2.05, 4.69) is 23.6 Å². The van der Waals surface area contributed by atoms with E-state index in [0.717, 1.165) is 0 Å². The third-order valence-corrected chi connectivity index (χ3v) is 2.19. The van der Waals surface area contributed by atoms with Gasteiger partial charge in [0.1, 0.15) is 0 Å². The number of rotatable bonds is 2. The third kappa shape index (κ3) is 65.9. The Morgan fingerprint density at radius 2 is 1.04 bits per heavy atom. The molecule has 8 N–H and O–H groups in total. The molecule has 150 valence electrons. The molecule has 24 heavy (non-hydrogen) atoms. The van der Waals surface area contributed by atoms with Crippen molar-refractivity contribution in [3.05, 3.63) is 0 Å². The molecule has 1 fully saturated rings. The van der Waals surface area contributed by atoms with E-state index in [-0.39, 0.29) is 0 Å². The second-order valence-corrected chi connectivity index (χ2v) is 10.7. The molecule has 1 rings (SSSR count). The first-order valence-electron chi connectivity index (χ1n) is 7.50. The molecule has 1 saturated carbocycles. The molecule has 8 nitrogen and oxygen atoms in total. The average Bonchev–Trinajstić information content (AvgIpc) is 2.23. The Kier molecular flexibility index (Phi) is 20.0. The topological polar surface area (TPSA) is 157 Å². The van der Waals surface area contributed by atoms with E-state index in [4.69, 9.17) is 39.8 Å². The Hall–Kier alpha value is 0.980. The third-order valence-electron chi connectivity index (χ3n) is 2.19. The molecule has 0 bridgehead atoms. The zero-order valence-corrected chi connectivity index (χ0v) is 18.1. The molecule has 1 aliphatic carbocycles. The van der Waals surface area contributed by atoms with Gasteiger partial charge in [-0.2, -0.15) is 0 Å². The van der Waals surface area contributed by atoms with Gasteiger partial charge in [0.05, 0.1) is 12.2 Å². The van der Waals surface area contributed by atoms with Gasteiger partial charge in [-0.1, -0.05) is 19.3 Å². The Labute approximate surface area is 155 Å². The van der Waals surface area contributed by atoms with Crippen LogP contribution in [0.15, 0.2) is 0 Å². The van der Waals surface area contributed by atoms with Crippen molar-refractivity contribution in [2.45, 2.75) is 78.0 Å². The lowest BCUT2D eigenvalue weighted by atomic mass is 9.97. The molecule has 0 aliphatic heterocycles. The number of nitrogens with two attached hydrogens (primary N) is 1. The van der Waals surface area contributed by atoms with Crippen LogP contribution in [0.2, 0.25) is 0 Å². The largest absolute Gasteiger partial charge is 0.376 e. The molecule has 0 heterocycles. The maximum Gasteiger partial charge on any atom is 0.319 e. The van der Waals surface area contributed by atoms with Gasteiger partial charge in [-0.05, 0) is 64.2 Å². The van der Waals surface area contributed by atoms with Gasteiger partial charge in [-0.15, -0.1) is 0 Å². The summed E-state index contributed by atoms with van der Waals surface area (Å²) in [6.07, 6.45) is 7.41. The van der Waals surface area contributed by atoms with Crippen LogP contribution in [-0.2, 0) is 28.4 Å². The summed E-state index contributed by atoms with van der Waals surface area (Å²) in [5, 5.41) is 0. The first-order chi connectivity index (χ1) is 10.5. The molecule has 0 atom stereocenters. The lowest BCUT2D eigenvalue weighted by molar-refractivity contribution is 0.0300. The van der Waals surface area contributed by atoms with E-state index in [9.17, 15) is 0 Å². The summed E-state index contributed by atoms with van der Waals surface area (Å²) in [7, 11) is 0. The van der Waals surface area contributed by atoms with Gasteiger partial charge in [0, 0.05) is 6.04 Å². The van der Waals surface area contributed by atoms with Crippen LogP contribution in [-0.4, -0.2) is 47.6 Å². The van der Waals surface area contributed by atoms with Crippen LogP contribution >= 0.6 is 13.4 Å². The molecule has 0 unspecified atom stereocenters. The molecular weight excluding hydrogens is 396 g/mol. The highest BCUT2D eigenvalue weighted by molar-refractivity contribution is 8.06. The van der Waals surface area contributed by atoms with Crippen molar-refractivity contribution in [2.24, 2.45) is 5.73 Å². The van der Waals surface area contributed by atoms with Crippen LogP contribution in [0.1, 0.15) is 59.8 Å². The minimum atomic E-state index is -3.81. The van der Waals surface area contributed by atoms with Crippen LogP contribution in [0.4, 0.5) is 0 Å². The maximum atomic E-state index is 7.56. The van der Waals surface area contributed by atoms with Gasteiger partial charge in [0.25, 0.3) is 0 Å². The second-order valence-electron chi connectivity index (χ2n) is 5.66. The van der Waals surface area contributed by atoms with E-state index in [1.807, 2.05) is 27.7 Å². The van der Waals surface area contributed by atoms with Crippen LogP contribution in [0.5, 0.6) is 0 Å². The normalized spacial score (nSPS) is 15.5. The van der Waals surface area contributed by atoms with E-state index >= 15 is 0 Å². The zero-order valence-electron chi connectivity index (χ0n) is 14.6. The fraction of sp³-hybridized carbons (Fsp3) is 1.00. The lowest BCUT2D eigenvalue weighted by Gasteiger charge is -2.15. The van der Waals surface area contributed by atoms with Gasteiger partial charge >= 0.3 is 13.4 Å². The zero-order chi connectivity index (χ0) is 20.0. The molecule has 0 spiro atoms. The van der Waals surface area contributed by atoms with Crippen molar-refractivity contribution < 1.29 is 34.1 Å². The van der Waals surface area contributed by atoms with Crippen LogP contribution < -0.4 is 5.73 Å². The summed E-state index contributed by atoms with van der Waals surface area (Å²) < 4.78 is 5.25. The first kappa shape index (κ1) is 29.7. The number of ether oxygens (including phenoxy) is 1. The Morgan fingerprint density at radius 1 is 0.792 bits per heavy atom. The predicted molar refractivity (Wildman–Crippen MR) is 104 cm³/mol. The van der Waals surface area contributed by atoms with E-state index in [0.29, 0.717) is 18.2 Å². The maximum absolute atomic E-state index is 7.56. The van der Waals surface area contributed by atoms with E-state index in [1.54, 1.807) is 0 Å². The van der Waals surface area contributed by atoms with Gasteiger partial charge in [0.2, 0.25) is 0 Å². The van der Waals surface area contributed by atoms with Crippen LogP contribution in [0, 0.1) is 0 Å². The predicted octanol–water partition coefficient (Wildman–Crippen LogP) is 1.47. The van der Waals surface area contributed by atoms with E-state index < -0.39 is 13.4 Å². The fourth-order valence-electron chi connectivity index (χ4n) is 1.68. The highest BCUT2D eigenvalue weighted by atomic mass is 32.5. The molecule has 12 heteroatoms. The fourth-order valence-corrected chi connectivity index (χ4v) is 1.68. The molecule has 0 aromatic carbocycles. The van der Waals surface area contributed by atoms with Crippen molar-refractivity contribution in [1.82, 2.24) is 0 Å². The van der Waals surface area contributed by atoms with Gasteiger partial charge in [-0.3, -0.25) is 0 Å². The first-order valence-corrected chi connectivity index (χ1v) is 12.8. The van der Waals surface area contributed by atoms with Gasteiger partial charge < -0.3 is 39.8 Å². The molecule has 1 aliphatic rings. The van der Waals surface area contributed by atoms with Crippen LogP contribution in [0.3, 0.4) is 0 Å². The van der Waals surface area contributed by atoms with Gasteiger partial charge in [0.15, 0.2) is 0 Å². The monoisotopic (exact) mass is 429 g/mol. The highest BCUT2D eigenvalue weighted by Gasteiger charge is 2.06. The standard InChI is InChI=1S/C6H13N.C6H14O.2H3O3PS/c7-6-4-2-1-3-5-6;1-5(2)7-6(3)4;2*1-4(2,3)5/h6H,1-5,7H2;5-6H,1-4H3;2*(H3,1,2,3,5). The van der Waals surface area contributed by atoms with Crippen LogP contribution in [0.25, 0.3) is 0 Å². The average molecular weight is 429 g/mol. The smallest absolute Gasteiger partial charge is 0.319 e. The second kappa shape index (κ2) is 16.2. The Morgan fingerprint density at radius 3 is 1.12 bits per heavy atom. The molecule has 0 radical (unpaired) electrons. The summed E-state index contributed by atoms with van der Waals surface area (Å²) in [5.41, 5.74) is 5.63. The van der Waals surface area contributed by atoms with Gasteiger partial charge in [-0.25, -0.2) is 0 Å². The molecule has 0 amide bonds. The van der Waals surface area contributed by atoms with Crippen molar-refractivity contribution in [3.8, 4) is 0 Å². The summed E-state index contributed by atoms with van der Waals surface area (Å²) in [6, 6.07) is 0.536. The molecule has 0 aromatic rings. The van der Waals surface area contributed by atoms with E-state index in [1.165, 1.54) is 32.1 Å². The summed E-state index contributed by atoms with van der Waals surface area (Å²) >= 11 is 7.21. The van der Waals surface area contributed by atoms with Crippen molar-refractivity contribution >= 4 is 37.1 Å². The lowest BCUT2D eigenvalue weighted by Crippen LogP contribution is -2.22. The SMILES string of the molecule is CC(C)OC(C)C.NC1CCCCC1.OP(O)(O)=S.OP(O)(O)=S. The quantitative estimate of drug-likeness (QED) is 0.321. The number of hydrogen-bond donors (Lipinski definition) is 7. The van der Waals surface area contributed by atoms with Crippen molar-refractivity contribution in [3.63, 3.8) is 0 Å². The van der Waals surface area contributed by atoms with Crippen molar-refractivity contribution in [2.75, 3.05) is 0 Å². The Bertz CT molecular complexity index is 326. The highest BCUT2D eigenvalue weighted by Crippen LogP contribution is 2.26. The minimum absolute atomic E-state index is 0.375. The molecular formula is C12H33NO7P2S2. The molecule has 0 saturated heterocycles. The number of hydrogen-bond acceptors (Lipinski definition) is 4. The summed E-state index contributed by atoms with van der Waals surface area (Å²) in [4.78, 5) is 45.3. The summed E-state index contributed by atoms with van der Waals surface area (Å²) in [6.45, 7) is 0.556. The Balaban J connectivity index is -0.000000249. The van der Waals surface area contributed by atoms with Crippen molar-refractivity contribution in [1.29, 1.82) is 0 Å².